The molecule has 1 aromatic carbocycles. The lowest BCUT2D eigenvalue weighted by Gasteiger charge is -2.19. The fourth-order valence-electron chi connectivity index (χ4n) is 1.69. The maximum atomic E-state index is 8.79. The molecule has 1 heterocycles. The molecule has 2 aromatic rings. The molecule has 0 aliphatic carbocycles. The third-order valence-corrected chi connectivity index (χ3v) is 2.80. The Balaban J connectivity index is 2.18. The minimum Gasteiger partial charge on any atom is -0.457 e. The molecule has 19 heavy (non-hydrogen) atoms. The van der Waals surface area contributed by atoms with Crippen molar-refractivity contribution in [3.63, 3.8) is 0 Å². The van der Waals surface area contributed by atoms with E-state index in [0.29, 0.717) is 11.4 Å². The highest BCUT2D eigenvalue weighted by atomic mass is 16.5. The van der Waals surface area contributed by atoms with Gasteiger partial charge in [-0.2, -0.15) is 5.26 Å². The number of hydrogen-bond donors (Lipinski definition) is 0. The van der Waals surface area contributed by atoms with Crippen LogP contribution in [0.2, 0.25) is 0 Å². The molecule has 0 spiro atoms. The smallest absolute Gasteiger partial charge is 0.144 e. The van der Waals surface area contributed by atoms with Crippen LogP contribution in [-0.4, -0.2) is 4.98 Å². The highest BCUT2D eigenvalue weighted by Gasteiger charge is 2.13. The summed E-state index contributed by atoms with van der Waals surface area (Å²) >= 11 is 0. The quantitative estimate of drug-likeness (QED) is 0.810. The summed E-state index contributed by atoms with van der Waals surface area (Å²) in [5.41, 5.74) is 1.74. The molecule has 96 valence electrons. The molecule has 0 fully saturated rings. The van der Waals surface area contributed by atoms with E-state index in [1.165, 1.54) is 5.56 Å². The zero-order chi connectivity index (χ0) is 13.9. The van der Waals surface area contributed by atoms with Crippen molar-refractivity contribution in [2.24, 2.45) is 0 Å². The van der Waals surface area contributed by atoms with Gasteiger partial charge in [-0.05, 0) is 29.2 Å². The number of nitriles is 1. The number of pyridine rings is 1. The van der Waals surface area contributed by atoms with E-state index in [2.05, 4.69) is 37.9 Å². The van der Waals surface area contributed by atoms with Crippen LogP contribution >= 0.6 is 0 Å². The lowest BCUT2D eigenvalue weighted by atomic mass is 9.87. The van der Waals surface area contributed by atoms with E-state index in [0.717, 1.165) is 5.75 Å². The Hall–Kier alpha value is -2.34. The summed E-state index contributed by atoms with van der Waals surface area (Å²) in [6, 6.07) is 13.3. The van der Waals surface area contributed by atoms with Crippen molar-refractivity contribution in [2.75, 3.05) is 0 Å². The molecule has 0 radical (unpaired) electrons. The van der Waals surface area contributed by atoms with Gasteiger partial charge in [0.2, 0.25) is 0 Å². The van der Waals surface area contributed by atoms with Crippen molar-refractivity contribution in [2.45, 2.75) is 26.2 Å². The second-order valence-corrected chi connectivity index (χ2v) is 5.37. The van der Waals surface area contributed by atoms with E-state index in [4.69, 9.17) is 10.00 Å². The van der Waals surface area contributed by atoms with E-state index < -0.39 is 0 Å². The van der Waals surface area contributed by atoms with Gasteiger partial charge in [0, 0.05) is 12.3 Å². The molecule has 3 nitrogen and oxygen atoms in total. The van der Waals surface area contributed by atoms with Crippen LogP contribution in [0.3, 0.4) is 0 Å². The van der Waals surface area contributed by atoms with Crippen molar-refractivity contribution in [1.82, 2.24) is 4.98 Å². The van der Waals surface area contributed by atoms with Crippen LogP contribution in [0.4, 0.5) is 0 Å². The first-order valence-corrected chi connectivity index (χ1v) is 6.13. The van der Waals surface area contributed by atoms with Gasteiger partial charge in [-0.15, -0.1) is 0 Å². The van der Waals surface area contributed by atoms with Crippen molar-refractivity contribution in [3.8, 4) is 17.6 Å². The minimum atomic E-state index is 0.128. The zero-order valence-corrected chi connectivity index (χ0v) is 11.3. The second-order valence-electron chi connectivity index (χ2n) is 5.37. The predicted octanol–water partition coefficient (Wildman–Crippen LogP) is 4.04. The topological polar surface area (TPSA) is 45.9 Å². The summed E-state index contributed by atoms with van der Waals surface area (Å²) in [4.78, 5) is 3.90. The number of nitrogens with zero attached hydrogens (tertiary/aromatic N) is 2. The van der Waals surface area contributed by atoms with Crippen molar-refractivity contribution < 1.29 is 4.74 Å². The van der Waals surface area contributed by atoms with Gasteiger partial charge in [0.1, 0.15) is 23.3 Å². The molecular weight excluding hydrogens is 236 g/mol. The Labute approximate surface area is 113 Å². The molecule has 0 unspecified atom stereocenters. The van der Waals surface area contributed by atoms with E-state index in [-0.39, 0.29) is 5.41 Å². The molecule has 0 saturated heterocycles. The molecule has 2 rings (SSSR count). The lowest BCUT2D eigenvalue weighted by Crippen LogP contribution is -2.10. The number of aromatic nitrogens is 1. The predicted molar refractivity (Wildman–Crippen MR) is 74.2 cm³/mol. The Morgan fingerprint density at radius 1 is 1.05 bits per heavy atom. The van der Waals surface area contributed by atoms with Gasteiger partial charge >= 0.3 is 0 Å². The summed E-state index contributed by atoms with van der Waals surface area (Å²) in [5, 5.41) is 8.79. The number of rotatable bonds is 2. The third kappa shape index (κ3) is 3.32. The summed E-state index contributed by atoms with van der Waals surface area (Å²) in [7, 11) is 0. The Bertz CT molecular complexity index is 604. The standard InChI is InChI=1S/C16H16N2O/c1-16(2,3)12-4-6-14(7-5-12)19-15-8-9-18-13(10-15)11-17/h4-10H,1-3H3. The normalized spacial score (nSPS) is 10.8. The van der Waals surface area contributed by atoms with Crippen LogP contribution in [0.25, 0.3) is 0 Å². The summed E-state index contributed by atoms with van der Waals surface area (Å²) in [6.45, 7) is 6.51. The largest absolute Gasteiger partial charge is 0.457 e. The van der Waals surface area contributed by atoms with Crippen molar-refractivity contribution in [3.05, 3.63) is 53.9 Å². The second kappa shape index (κ2) is 5.11. The van der Waals surface area contributed by atoms with Crippen LogP contribution < -0.4 is 4.74 Å². The molecule has 3 heteroatoms. The van der Waals surface area contributed by atoms with Gasteiger partial charge in [0.25, 0.3) is 0 Å². The van der Waals surface area contributed by atoms with E-state index in [1.54, 1.807) is 18.3 Å². The highest BCUT2D eigenvalue weighted by Crippen LogP contribution is 2.26. The van der Waals surface area contributed by atoms with E-state index >= 15 is 0 Å². The van der Waals surface area contributed by atoms with Gasteiger partial charge in [-0.25, -0.2) is 4.98 Å². The molecular formula is C16H16N2O. The minimum absolute atomic E-state index is 0.128. The monoisotopic (exact) mass is 252 g/mol. The summed E-state index contributed by atoms with van der Waals surface area (Å²) < 4.78 is 5.70. The average molecular weight is 252 g/mol. The van der Waals surface area contributed by atoms with Gasteiger partial charge in [0.15, 0.2) is 0 Å². The fraction of sp³-hybridized carbons (Fsp3) is 0.250. The number of benzene rings is 1. The van der Waals surface area contributed by atoms with Gasteiger partial charge in [0.05, 0.1) is 0 Å². The molecule has 0 N–H and O–H groups in total. The van der Waals surface area contributed by atoms with Crippen LogP contribution in [-0.2, 0) is 5.41 Å². The maximum absolute atomic E-state index is 8.79. The maximum Gasteiger partial charge on any atom is 0.144 e. The van der Waals surface area contributed by atoms with Gasteiger partial charge in [-0.3, -0.25) is 0 Å². The van der Waals surface area contributed by atoms with Crippen molar-refractivity contribution >= 4 is 0 Å². The number of ether oxygens (including phenoxy) is 1. The first kappa shape index (κ1) is 13.1. The molecule has 0 amide bonds. The molecule has 0 atom stereocenters. The molecule has 0 aliphatic heterocycles. The Morgan fingerprint density at radius 3 is 2.32 bits per heavy atom. The molecule has 0 saturated carbocycles. The SMILES string of the molecule is CC(C)(C)c1ccc(Oc2ccnc(C#N)c2)cc1. The lowest BCUT2D eigenvalue weighted by molar-refractivity contribution is 0.480. The number of hydrogen-bond acceptors (Lipinski definition) is 3. The van der Waals surface area contributed by atoms with Crippen LogP contribution in [0, 0.1) is 11.3 Å². The van der Waals surface area contributed by atoms with Crippen LogP contribution in [0.5, 0.6) is 11.5 Å². The molecule has 0 aliphatic rings. The van der Waals surface area contributed by atoms with Crippen LogP contribution in [0.15, 0.2) is 42.6 Å². The third-order valence-electron chi connectivity index (χ3n) is 2.80. The summed E-state index contributed by atoms with van der Waals surface area (Å²) in [6.07, 6.45) is 1.57. The summed E-state index contributed by atoms with van der Waals surface area (Å²) in [5.74, 6) is 1.37. The first-order chi connectivity index (χ1) is 8.99. The van der Waals surface area contributed by atoms with E-state index in [9.17, 15) is 0 Å². The van der Waals surface area contributed by atoms with Crippen molar-refractivity contribution in [1.29, 1.82) is 5.26 Å². The highest BCUT2D eigenvalue weighted by molar-refractivity contribution is 5.36. The average Bonchev–Trinajstić information content (AvgIpc) is 2.38. The molecule has 0 bridgehead atoms. The van der Waals surface area contributed by atoms with Gasteiger partial charge < -0.3 is 4.74 Å². The first-order valence-electron chi connectivity index (χ1n) is 6.13. The van der Waals surface area contributed by atoms with Crippen LogP contribution in [0.1, 0.15) is 32.0 Å². The van der Waals surface area contributed by atoms with Gasteiger partial charge in [-0.1, -0.05) is 32.9 Å². The Morgan fingerprint density at radius 2 is 1.74 bits per heavy atom. The fourth-order valence-corrected chi connectivity index (χ4v) is 1.69. The Kier molecular flexibility index (Phi) is 3.52. The molecule has 1 aromatic heterocycles. The van der Waals surface area contributed by atoms with E-state index in [1.807, 2.05) is 18.2 Å². The zero-order valence-electron chi connectivity index (χ0n) is 11.3.